The molecule has 0 amide bonds. The zero-order chi connectivity index (χ0) is 10.2. The van der Waals surface area contributed by atoms with E-state index >= 15 is 0 Å². The highest BCUT2D eigenvalue weighted by atomic mass is 16.6. The molecule has 72 valence electrons. The lowest BCUT2D eigenvalue weighted by Crippen LogP contribution is -1.81. The van der Waals surface area contributed by atoms with Crippen LogP contribution in [0.2, 0.25) is 0 Å². The Morgan fingerprint density at radius 1 is 1.29 bits per heavy atom. The molecule has 2 aromatic rings. The van der Waals surface area contributed by atoms with Gasteiger partial charge in [0.05, 0.1) is 12.3 Å². The van der Waals surface area contributed by atoms with Crippen LogP contribution >= 0.6 is 0 Å². The Labute approximate surface area is 79.4 Å². The van der Waals surface area contributed by atoms with Gasteiger partial charge in [-0.3, -0.25) is 10.1 Å². The summed E-state index contributed by atoms with van der Waals surface area (Å²) in [5, 5.41) is 9.77. The van der Waals surface area contributed by atoms with Crippen LogP contribution in [0.3, 0.4) is 0 Å². The Kier molecular flexibility index (Phi) is 3.81. The van der Waals surface area contributed by atoms with Crippen molar-refractivity contribution in [2.24, 2.45) is 0 Å². The molecule has 0 aromatic carbocycles. The normalized spacial score (nSPS) is 8.57. The Bertz CT molecular complexity index is 334. The molecule has 14 heavy (non-hydrogen) atoms. The van der Waals surface area contributed by atoms with Gasteiger partial charge in [0.2, 0.25) is 0 Å². The molecule has 0 radical (unpaired) electrons. The van der Waals surface area contributed by atoms with Crippen molar-refractivity contribution in [3.05, 3.63) is 53.3 Å². The fourth-order valence-electron chi connectivity index (χ4n) is 0.627. The van der Waals surface area contributed by atoms with Crippen molar-refractivity contribution in [2.75, 3.05) is 0 Å². The molecule has 0 aliphatic rings. The molecule has 0 N–H and O–H groups in total. The summed E-state index contributed by atoms with van der Waals surface area (Å²) in [4.78, 5) is 16.5. The van der Waals surface area contributed by atoms with Crippen LogP contribution in [0.1, 0.15) is 0 Å². The van der Waals surface area contributed by atoms with E-state index in [0.29, 0.717) is 0 Å². The van der Waals surface area contributed by atoms with Crippen molar-refractivity contribution in [1.29, 1.82) is 0 Å². The van der Waals surface area contributed by atoms with Crippen molar-refractivity contribution >= 4 is 5.88 Å². The quantitative estimate of drug-likeness (QED) is 0.508. The van der Waals surface area contributed by atoms with Crippen LogP contribution in [-0.2, 0) is 0 Å². The average Bonchev–Trinajstić information content (AvgIpc) is 2.74. The second-order valence-electron chi connectivity index (χ2n) is 2.11. The highest BCUT2D eigenvalue weighted by Crippen LogP contribution is 2.08. The lowest BCUT2D eigenvalue weighted by Gasteiger charge is -1.76. The van der Waals surface area contributed by atoms with Gasteiger partial charge in [0.1, 0.15) is 11.3 Å². The van der Waals surface area contributed by atoms with Crippen molar-refractivity contribution in [1.82, 2.24) is 9.97 Å². The maximum Gasteiger partial charge on any atom is 0.432 e. The monoisotopic (exact) mass is 193 g/mol. The minimum atomic E-state index is -0.583. The molecule has 0 saturated heterocycles. The lowest BCUT2D eigenvalue weighted by molar-refractivity contribution is -0.402. The van der Waals surface area contributed by atoms with Crippen LogP contribution in [-0.4, -0.2) is 14.9 Å². The first-order valence-electron chi connectivity index (χ1n) is 3.68. The molecule has 2 rings (SSSR count). The summed E-state index contributed by atoms with van der Waals surface area (Å²) in [6, 6.07) is 4.54. The number of hydrogen-bond acceptors (Lipinski definition) is 5. The fourth-order valence-corrected chi connectivity index (χ4v) is 0.627. The van der Waals surface area contributed by atoms with E-state index in [1.54, 1.807) is 18.5 Å². The molecule has 0 aliphatic heterocycles. The largest absolute Gasteiger partial charge is 0.432 e. The van der Waals surface area contributed by atoms with Crippen LogP contribution < -0.4 is 0 Å². The van der Waals surface area contributed by atoms with Crippen molar-refractivity contribution in [2.45, 2.75) is 0 Å². The van der Waals surface area contributed by atoms with Gasteiger partial charge in [-0.05, 0) is 12.1 Å². The van der Waals surface area contributed by atoms with E-state index < -0.39 is 4.92 Å². The second-order valence-corrected chi connectivity index (χ2v) is 2.11. The maximum absolute atomic E-state index is 9.77. The predicted octanol–water partition coefficient (Wildman–Crippen LogP) is 1.66. The van der Waals surface area contributed by atoms with E-state index in [4.69, 9.17) is 0 Å². The van der Waals surface area contributed by atoms with Crippen molar-refractivity contribution < 1.29 is 9.34 Å². The third kappa shape index (κ3) is 3.44. The lowest BCUT2D eigenvalue weighted by atomic mass is 10.6. The van der Waals surface area contributed by atoms with Crippen LogP contribution in [0, 0.1) is 10.1 Å². The number of rotatable bonds is 1. The molecular formula is C8H7N3O3. The van der Waals surface area contributed by atoms with Gasteiger partial charge < -0.3 is 4.42 Å². The molecule has 0 saturated carbocycles. The average molecular weight is 193 g/mol. The van der Waals surface area contributed by atoms with E-state index in [1.807, 2.05) is 0 Å². The van der Waals surface area contributed by atoms with Crippen LogP contribution in [0.15, 0.2) is 47.6 Å². The number of nitrogens with zero attached hydrogens (tertiary/aromatic N) is 3. The Morgan fingerprint density at radius 2 is 2.00 bits per heavy atom. The van der Waals surface area contributed by atoms with Gasteiger partial charge in [-0.1, -0.05) is 0 Å². The van der Waals surface area contributed by atoms with Crippen molar-refractivity contribution in [3.8, 4) is 0 Å². The van der Waals surface area contributed by atoms with E-state index in [9.17, 15) is 10.1 Å². The van der Waals surface area contributed by atoms with E-state index in [0.717, 1.165) is 0 Å². The highest BCUT2D eigenvalue weighted by Gasteiger charge is 2.04. The first-order chi connectivity index (χ1) is 6.80. The van der Waals surface area contributed by atoms with Gasteiger partial charge in [0.15, 0.2) is 0 Å². The molecule has 0 spiro atoms. The molecular weight excluding hydrogens is 186 g/mol. The SMILES string of the molecule is O=[N+]([O-])c1ccco1.c1cncnc1. The van der Waals surface area contributed by atoms with E-state index in [-0.39, 0.29) is 5.88 Å². The van der Waals surface area contributed by atoms with E-state index in [2.05, 4.69) is 14.4 Å². The van der Waals surface area contributed by atoms with Crippen molar-refractivity contribution in [3.63, 3.8) is 0 Å². The summed E-state index contributed by atoms with van der Waals surface area (Å²) in [5.41, 5.74) is 0. The number of nitro groups is 1. The predicted molar refractivity (Wildman–Crippen MR) is 47.4 cm³/mol. The summed E-state index contributed by atoms with van der Waals surface area (Å²) < 4.78 is 4.40. The van der Waals surface area contributed by atoms with Gasteiger partial charge in [-0.15, -0.1) is 0 Å². The molecule has 2 aromatic heterocycles. The topological polar surface area (TPSA) is 82.1 Å². The molecule has 0 atom stereocenters. The highest BCUT2D eigenvalue weighted by molar-refractivity contribution is 5.11. The summed E-state index contributed by atoms with van der Waals surface area (Å²) in [6.45, 7) is 0. The van der Waals surface area contributed by atoms with Crippen LogP contribution in [0.5, 0.6) is 0 Å². The number of furan rings is 1. The van der Waals surface area contributed by atoms with E-state index in [1.165, 1.54) is 24.7 Å². The molecule has 0 bridgehead atoms. The zero-order valence-electron chi connectivity index (χ0n) is 7.11. The second kappa shape index (κ2) is 5.41. The minimum Gasteiger partial charge on any atom is -0.409 e. The summed E-state index contributed by atoms with van der Waals surface area (Å²) in [6.07, 6.45) is 6.14. The van der Waals surface area contributed by atoms with Gasteiger partial charge in [0, 0.05) is 12.4 Å². The minimum absolute atomic E-state index is 0.218. The molecule has 0 unspecified atom stereocenters. The third-order valence-corrected chi connectivity index (χ3v) is 1.16. The molecule has 0 aliphatic carbocycles. The summed E-state index contributed by atoms with van der Waals surface area (Å²) >= 11 is 0. The van der Waals surface area contributed by atoms with Crippen LogP contribution in [0.4, 0.5) is 5.88 Å². The number of aromatic nitrogens is 2. The molecule has 6 heteroatoms. The molecule has 0 fully saturated rings. The Balaban J connectivity index is 0.000000146. The number of hydrogen-bond donors (Lipinski definition) is 0. The smallest absolute Gasteiger partial charge is 0.409 e. The fraction of sp³-hybridized carbons (Fsp3) is 0. The first-order valence-corrected chi connectivity index (χ1v) is 3.68. The van der Waals surface area contributed by atoms with Gasteiger partial charge in [-0.2, -0.15) is 0 Å². The standard InChI is InChI=1S/C4H4N2.C4H3NO3/c1-2-5-4-6-3-1;6-5(7)4-2-1-3-8-4/h1-4H;1-3H. The Morgan fingerprint density at radius 3 is 2.21 bits per heavy atom. The Hall–Kier alpha value is -2.24. The summed E-state index contributed by atoms with van der Waals surface area (Å²) in [5.74, 6) is -0.218. The van der Waals surface area contributed by atoms with Gasteiger partial charge in [0.25, 0.3) is 0 Å². The van der Waals surface area contributed by atoms with Crippen LogP contribution in [0.25, 0.3) is 0 Å². The van der Waals surface area contributed by atoms with Gasteiger partial charge in [-0.25, -0.2) is 9.97 Å². The zero-order valence-corrected chi connectivity index (χ0v) is 7.11. The molecule has 2 heterocycles. The maximum atomic E-state index is 9.77. The molecule has 6 nitrogen and oxygen atoms in total. The third-order valence-electron chi connectivity index (χ3n) is 1.16. The summed E-state index contributed by atoms with van der Waals surface area (Å²) in [7, 11) is 0. The van der Waals surface area contributed by atoms with Gasteiger partial charge >= 0.3 is 5.88 Å². The first kappa shape index (κ1) is 9.85.